The highest BCUT2D eigenvalue weighted by Gasteiger charge is 2.12. The van der Waals surface area contributed by atoms with Crippen LogP contribution < -0.4 is 14.8 Å². The van der Waals surface area contributed by atoms with E-state index in [1.807, 2.05) is 54.6 Å². The van der Waals surface area contributed by atoms with Crippen LogP contribution in [0.2, 0.25) is 0 Å². The molecule has 164 valence electrons. The van der Waals surface area contributed by atoms with Crippen LogP contribution >= 0.6 is 0 Å². The summed E-state index contributed by atoms with van der Waals surface area (Å²) in [6.45, 7) is 1.26. The minimum Gasteiger partial charge on any atom is -0.493 e. The molecule has 0 fully saturated rings. The van der Waals surface area contributed by atoms with Gasteiger partial charge in [0.2, 0.25) is 5.91 Å². The summed E-state index contributed by atoms with van der Waals surface area (Å²) in [5.41, 5.74) is 4.16. The van der Waals surface area contributed by atoms with Crippen molar-refractivity contribution in [3.8, 4) is 11.5 Å². The van der Waals surface area contributed by atoms with Crippen molar-refractivity contribution in [3.05, 3.63) is 89.7 Å². The number of methoxy groups -OCH3 is 2. The van der Waals surface area contributed by atoms with Crippen LogP contribution in [-0.4, -0.2) is 36.2 Å². The Morgan fingerprint density at radius 2 is 1.66 bits per heavy atom. The van der Waals surface area contributed by atoms with Gasteiger partial charge in [-0.15, -0.1) is 0 Å². The van der Waals surface area contributed by atoms with Crippen LogP contribution in [0.5, 0.6) is 11.5 Å². The summed E-state index contributed by atoms with van der Waals surface area (Å²) in [7, 11) is 3.18. The van der Waals surface area contributed by atoms with Crippen molar-refractivity contribution in [1.82, 2.24) is 14.9 Å². The molecular formula is C26H27N3O3. The average Bonchev–Trinajstić information content (AvgIpc) is 3.16. The van der Waals surface area contributed by atoms with Crippen LogP contribution in [0.25, 0.3) is 11.0 Å². The summed E-state index contributed by atoms with van der Waals surface area (Å²) in [4.78, 5) is 17.3. The molecule has 0 aliphatic carbocycles. The topological polar surface area (TPSA) is 65.4 Å². The largest absolute Gasteiger partial charge is 0.493 e. The fraction of sp³-hybridized carbons (Fsp3) is 0.231. The number of rotatable bonds is 9. The van der Waals surface area contributed by atoms with Gasteiger partial charge in [-0.2, -0.15) is 0 Å². The van der Waals surface area contributed by atoms with E-state index < -0.39 is 0 Å². The van der Waals surface area contributed by atoms with Gasteiger partial charge >= 0.3 is 0 Å². The molecule has 0 unspecified atom stereocenters. The summed E-state index contributed by atoms with van der Waals surface area (Å²) >= 11 is 0. The lowest BCUT2D eigenvalue weighted by Crippen LogP contribution is -2.28. The van der Waals surface area contributed by atoms with Gasteiger partial charge in [0.1, 0.15) is 5.82 Å². The van der Waals surface area contributed by atoms with Crippen LogP contribution in [-0.2, 0) is 24.2 Å². The highest BCUT2D eigenvalue weighted by molar-refractivity contribution is 5.79. The molecule has 1 heterocycles. The van der Waals surface area contributed by atoms with Gasteiger partial charge in [-0.3, -0.25) is 4.79 Å². The van der Waals surface area contributed by atoms with E-state index in [9.17, 15) is 4.79 Å². The number of ether oxygens (including phenoxy) is 2. The predicted octanol–water partition coefficient (Wildman–Crippen LogP) is 4.00. The lowest BCUT2D eigenvalue weighted by molar-refractivity contribution is -0.120. The van der Waals surface area contributed by atoms with Gasteiger partial charge in [0.25, 0.3) is 0 Å². The molecule has 4 rings (SSSR count). The Morgan fingerprint density at radius 1 is 0.906 bits per heavy atom. The molecule has 4 aromatic rings. The normalized spacial score (nSPS) is 10.8. The van der Waals surface area contributed by atoms with Gasteiger partial charge in [-0.1, -0.05) is 48.5 Å². The number of carbonyl (C=O) groups excluding carboxylic acids is 1. The van der Waals surface area contributed by atoms with Gasteiger partial charge in [-0.25, -0.2) is 4.98 Å². The van der Waals surface area contributed by atoms with Crippen LogP contribution in [0.3, 0.4) is 0 Å². The molecule has 1 aromatic heterocycles. The lowest BCUT2D eigenvalue weighted by Gasteiger charge is -2.11. The van der Waals surface area contributed by atoms with E-state index in [0.717, 1.165) is 29.0 Å². The van der Waals surface area contributed by atoms with Gasteiger partial charge in [-0.05, 0) is 35.4 Å². The number of para-hydroxylation sites is 2. The number of nitrogens with one attached hydrogen (secondary N) is 1. The summed E-state index contributed by atoms with van der Waals surface area (Å²) in [6, 6.07) is 24.0. The number of imidazole rings is 1. The second-order valence-electron chi connectivity index (χ2n) is 7.55. The van der Waals surface area contributed by atoms with Crippen LogP contribution in [0, 0.1) is 0 Å². The maximum absolute atomic E-state index is 12.5. The first-order valence-corrected chi connectivity index (χ1v) is 10.6. The molecule has 0 saturated heterocycles. The minimum absolute atomic E-state index is 0.0389. The van der Waals surface area contributed by atoms with E-state index in [2.05, 4.69) is 28.1 Å². The number of nitrogens with zero attached hydrogens (tertiary/aromatic N) is 2. The van der Waals surface area contributed by atoms with Crippen molar-refractivity contribution in [2.75, 3.05) is 20.8 Å². The van der Waals surface area contributed by atoms with E-state index in [-0.39, 0.29) is 12.3 Å². The number of hydrogen-bond acceptors (Lipinski definition) is 4. The van der Waals surface area contributed by atoms with Gasteiger partial charge in [0.05, 0.1) is 31.7 Å². The second kappa shape index (κ2) is 10.0. The zero-order chi connectivity index (χ0) is 22.3. The van der Waals surface area contributed by atoms with Crippen molar-refractivity contribution in [2.24, 2.45) is 0 Å². The van der Waals surface area contributed by atoms with Crippen molar-refractivity contribution in [1.29, 1.82) is 0 Å². The third-order valence-corrected chi connectivity index (χ3v) is 5.40. The monoisotopic (exact) mass is 429 g/mol. The third-order valence-electron chi connectivity index (χ3n) is 5.40. The summed E-state index contributed by atoms with van der Waals surface area (Å²) in [5, 5.41) is 3.02. The van der Waals surface area contributed by atoms with E-state index in [4.69, 9.17) is 14.5 Å². The molecule has 3 aromatic carbocycles. The molecular weight excluding hydrogens is 402 g/mol. The fourth-order valence-electron chi connectivity index (χ4n) is 3.81. The first-order chi connectivity index (χ1) is 15.7. The molecule has 0 aliphatic heterocycles. The van der Waals surface area contributed by atoms with E-state index >= 15 is 0 Å². The summed E-state index contributed by atoms with van der Waals surface area (Å²) in [5.74, 6) is 2.19. The Labute approximate surface area is 187 Å². The number of carbonyl (C=O) groups is 1. The Morgan fingerprint density at radius 3 is 2.44 bits per heavy atom. The molecule has 0 atom stereocenters. The van der Waals surface area contributed by atoms with Crippen molar-refractivity contribution < 1.29 is 14.3 Å². The maximum atomic E-state index is 12.5. The smallest absolute Gasteiger partial charge is 0.224 e. The summed E-state index contributed by atoms with van der Waals surface area (Å²) < 4.78 is 12.8. The van der Waals surface area contributed by atoms with Crippen LogP contribution in [0.4, 0.5) is 0 Å². The Kier molecular flexibility index (Phi) is 6.70. The molecule has 1 amide bonds. The number of hydrogen-bond donors (Lipinski definition) is 1. The van der Waals surface area contributed by atoms with Gasteiger partial charge < -0.3 is 19.4 Å². The molecule has 6 heteroatoms. The molecule has 0 aliphatic rings. The van der Waals surface area contributed by atoms with E-state index in [1.165, 1.54) is 5.56 Å². The minimum atomic E-state index is -0.0389. The van der Waals surface area contributed by atoms with Crippen LogP contribution in [0.15, 0.2) is 72.8 Å². The fourth-order valence-corrected chi connectivity index (χ4v) is 3.81. The second-order valence-corrected chi connectivity index (χ2v) is 7.55. The predicted molar refractivity (Wildman–Crippen MR) is 125 cm³/mol. The zero-order valence-corrected chi connectivity index (χ0v) is 18.4. The number of aromatic nitrogens is 2. The molecule has 6 nitrogen and oxygen atoms in total. The average molecular weight is 430 g/mol. The van der Waals surface area contributed by atoms with Crippen molar-refractivity contribution >= 4 is 16.9 Å². The number of fused-ring (bicyclic) bond motifs is 1. The Balaban J connectivity index is 1.42. The van der Waals surface area contributed by atoms with E-state index in [0.29, 0.717) is 24.5 Å². The van der Waals surface area contributed by atoms with Gasteiger partial charge in [0, 0.05) is 19.5 Å². The zero-order valence-electron chi connectivity index (χ0n) is 18.4. The number of amides is 1. The first kappa shape index (κ1) is 21.4. The molecule has 0 bridgehead atoms. The van der Waals surface area contributed by atoms with Crippen molar-refractivity contribution in [2.45, 2.75) is 19.4 Å². The van der Waals surface area contributed by atoms with Crippen molar-refractivity contribution in [3.63, 3.8) is 0 Å². The lowest BCUT2D eigenvalue weighted by atomic mass is 10.1. The van der Waals surface area contributed by atoms with Gasteiger partial charge in [0.15, 0.2) is 11.5 Å². The van der Waals surface area contributed by atoms with Crippen LogP contribution in [0.1, 0.15) is 17.0 Å². The standard InChI is InChI=1S/C26H27N3O3/c1-31-23-13-12-20(16-24(23)32-2)17-26(30)27-15-14-25-28-21-10-6-7-11-22(21)29(25)18-19-8-4-3-5-9-19/h3-13,16H,14-15,17-18H2,1-2H3,(H,27,30). The Bertz CT molecular complexity index is 1200. The third kappa shape index (κ3) is 4.91. The molecule has 0 spiro atoms. The summed E-state index contributed by atoms with van der Waals surface area (Å²) in [6.07, 6.45) is 0.931. The molecule has 0 saturated carbocycles. The SMILES string of the molecule is COc1ccc(CC(=O)NCCc2nc3ccccc3n2Cc2ccccc2)cc1OC. The maximum Gasteiger partial charge on any atom is 0.224 e. The number of benzene rings is 3. The Hall–Kier alpha value is -3.80. The highest BCUT2D eigenvalue weighted by atomic mass is 16.5. The molecule has 32 heavy (non-hydrogen) atoms. The molecule has 1 N–H and O–H groups in total. The quantitative estimate of drug-likeness (QED) is 0.437. The highest BCUT2D eigenvalue weighted by Crippen LogP contribution is 2.27. The van der Waals surface area contributed by atoms with E-state index in [1.54, 1.807) is 14.2 Å². The molecule has 0 radical (unpaired) electrons. The first-order valence-electron chi connectivity index (χ1n) is 10.6.